The van der Waals surface area contributed by atoms with Gasteiger partial charge < -0.3 is 5.11 Å². The minimum Gasteiger partial charge on any atom is -0.481 e. The van der Waals surface area contributed by atoms with E-state index in [0.717, 1.165) is 0 Å². The number of aliphatic carboxylic acids is 1. The molecular weight excluding hydrogens is 216 g/mol. The van der Waals surface area contributed by atoms with Crippen molar-refractivity contribution in [3.63, 3.8) is 0 Å². The number of halogens is 4. The molecule has 15 heavy (non-hydrogen) atoms. The second-order valence-corrected chi connectivity index (χ2v) is 2.84. The third kappa shape index (κ3) is 2.68. The third-order valence-electron chi connectivity index (χ3n) is 1.76. The number of carboxylic acids is 1. The minimum atomic E-state index is -3.03. The standard InChI is InChI=1S/C9H6F4O2/c10-6-1-4(2-8(14)15)5(9(12)13)3-7(6)11/h1,3,9H,2H2,(H,14,15). The van der Waals surface area contributed by atoms with E-state index in [1.54, 1.807) is 0 Å². The SMILES string of the molecule is O=C(O)Cc1cc(F)c(F)cc1C(F)F. The molecule has 0 amide bonds. The van der Waals surface area contributed by atoms with Gasteiger partial charge in [0.1, 0.15) is 0 Å². The molecule has 0 aliphatic rings. The van der Waals surface area contributed by atoms with Gasteiger partial charge in [0, 0.05) is 5.56 Å². The van der Waals surface area contributed by atoms with Crippen LogP contribution < -0.4 is 0 Å². The second kappa shape index (κ2) is 4.29. The lowest BCUT2D eigenvalue weighted by atomic mass is 10.0. The van der Waals surface area contributed by atoms with E-state index in [-0.39, 0.29) is 0 Å². The summed E-state index contributed by atoms with van der Waals surface area (Å²) in [7, 11) is 0. The average molecular weight is 222 g/mol. The highest BCUT2D eigenvalue weighted by Crippen LogP contribution is 2.25. The van der Waals surface area contributed by atoms with E-state index in [2.05, 4.69) is 0 Å². The second-order valence-electron chi connectivity index (χ2n) is 2.84. The first-order valence-corrected chi connectivity index (χ1v) is 3.89. The van der Waals surface area contributed by atoms with Crippen LogP contribution in [0.25, 0.3) is 0 Å². The Kier molecular flexibility index (Phi) is 3.28. The third-order valence-corrected chi connectivity index (χ3v) is 1.76. The van der Waals surface area contributed by atoms with Gasteiger partial charge in [0.05, 0.1) is 6.42 Å². The fourth-order valence-electron chi connectivity index (χ4n) is 1.12. The molecule has 0 spiro atoms. The molecule has 1 aromatic rings. The number of carboxylic acid groups (broad SMARTS) is 1. The van der Waals surface area contributed by atoms with Crippen molar-refractivity contribution in [3.05, 3.63) is 34.9 Å². The van der Waals surface area contributed by atoms with Crippen LogP contribution in [0, 0.1) is 11.6 Å². The molecule has 1 aromatic carbocycles. The van der Waals surface area contributed by atoms with Gasteiger partial charge in [-0.2, -0.15) is 0 Å². The van der Waals surface area contributed by atoms with Gasteiger partial charge in [-0.05, 0) is 17.7 Å². The fraction of sp³-hybridized carbons (Fsp3) is 0.222. The first-order chi connectivity index (χ1) is 6.91. The molecule has 1 N–H and O–H groups in total. The Labute approximate surface area is 82.1 Å². The zero-order chi connectivity index (χ0) is 11.6. The van der Waals surface area contributed by atoms with Crippen LogP contribution in [0.3, 0.4) is 0 Å². The van der Waals surface area contributed by atoms with Crippen LogP contribution in [-0.2, 0) is 11.2 Å². The quantitative estimate of drug-likeness (QED) is 0.798. The summed E-state index contributed by atoms with van der Waals surface area (Å²) in [4.78, 5) is 10.3. The largest absolute Gasteiger partial charge is 0.481 e. The van der Waals surface area contributed by atoms with Crippen LogP contribution in [0.4, 0.5) is 17.6 Å². The van der Waals surface area contributed by atoms with Crippen molar-refractivity contribution in [1.29, 1.82) is 0 Å². The topological polar surface area (TPSA) is 37.3 Å². The predicted molar refractivity (Wildman–Crippen MR) is 42.7 cm³/mol. The van der Waals surface area contributed by atoms with Gasteiger partial charge in [0.15, 0.2) is 11.6 Å². The van der Waals surface area contributed by atoms with Crippen LogP contribution in [0.1, 0.15) is 17.6 Å². The number of alkyl halides is 2. The normalized spacial score (nSPS) is 10.7. The number of carbonyl (C=O) groups is 1. The number of hydrogen-bond acceptors (Lipinski definition) is 1. The van der Waals surface area contributed by atoms with E-state index in [4.69, 9.17) is 5.11 Å². The maximum atomic E-state index is 12.7. The van der Waals surface area contributed by atoms with Crippen molar-refractivity contribution in [1.82, 2.24) is 0 Å². The van der Waals surface area contributed by atoms with Crippen molar-refractivity contribution in [3.8, 4) is 0 Å². The summed E-state index contributed by atoms with van der Waals surface area (Å²) >= 11 is 0. The van der Waals surface area contributed by atoms with Crippen LogP contribution in [0.5, 0.6) is 0 Å². The van der Waals surface area contributed by atoms with Crippen LogP contribution in [-0.4, -0.2) is 11.1 Å². The number of benzene rings is 1. The van der Waals surface area contributed by atoms with Crippen molar-refractivity contribution in [2.45, 2.75) is 12.8 Å². The Hall–Kier alpha value is -1.59. The summed E-state index contributed by atoms with van der Waals surface area (Å²) < 4.78 is 49.9. The van der Waals surface area contributed by atoms with Crippen molar-refractivity contribution in [2.75, 3.05) is 0 Å². The molecule has 0 atom stereocenters. The molecule has 0 radical (unpaired) electrons. The molecule has 0 fully saturated rings. The smallest absolute Gasteiger partial charge is 0.307 e. The van der Waals surface area contributed by atoms with E-state index in [9.17, 15) is 22.4 Å². The predicted octanol–water partition coefficient (Wildman–Crippen LogP) is 2.53. The van der Waals surface area contributed by atoms with Gasteiger partial charge in [-0.1, -0.05) is 0 Å². The fourth-order valence-corrected chi connectivity index (χ4v) is 1.12. The summed E-state index contributed by atoms with van der Waals surface area (Å²) in [6.07, 6.45) is -3.80. The molecule has 0 heterocycles. The van der Waals surface area contributed by atoms with E-state index in [1.165, 1.54) is 0 Å². The van der Waals surface area contributed by atoms with E-state index < -0.39 is 41.6 Å². The minimum absolute atomic E-state index is 0.318. The molecule has 0 saturated heterocycles. The Morgan fingerprint density at radius 3 is 2.27 bits per heavy atom. The van der Waals surface area contributed by atoms with E-state index in [1.807, 2.05) is 0 Å². The monoisotopic (exact) mass is 222 g/mol. The lowest BCUT2D eigenvalue weighted by molar-refractivity contribution is -0.136. The molecule has 0 aromatic heterocycles. The molecule has 0 aliphatic carbocycles. The Morgan fingerprint density at radius 1 is 1.27 bits per heavy atom. The molecular formula is C9H6F4O2. The Bertz CT molecular complexity index is 390. The van der Waals surface area contributed by atoms with Gasteiger partial charge in [-0.3, -0.25) is 4.79 Å². The molecule has 82 valence electrons. The molecule has 6 heteroatoms. The highest BCUT2D eigenvalue weighted by atomic mass is 19.3. The maximum Gasteiger partial charge on any atom is 0.307 e. The van der Waals surface area contributed by atoms with Crippen molar-refractivity contribution in [2.24, 2.45) is 0 Å². The summed E-state index contributed by atoms with van der Waals surface area (Å²) in [6.45, 7) is 0. The zero-order valence-electron chi connectivity index (χ0n) is 7.31. The summed E-state index contributed by atoms with van der Waals surface area (Å²) in [6, 6.07) is 0.795. The van der Waals surface area contributed by atoms with Crippen LogP contribution >= 0.6 is 0 Å². The van der Waals surface area contributed by atoms with Gasteiger partial charge in [0.2, 0.25) is 0 Å². The van der Waals surface area contributed by atoms with Gasteiger partial charge in [0.25, 0.3) is 6.43 Å². The highest BCUT2D eigenvalue weighted by Gasteiger charge is 2.18. The van der Waals surface area contributed by atoms with E-state index in [0.29, 0.717) is 12.1 Å². The number of hydrogen-bond donors (Lipinski definition) is 1. The maximum absolute atomic E-state index is 12.7. The first kappa shape index (κ1) is 11.5. The van der Waals surface area contributed by atoms with E-state index >= 15 is 0 Å². The summed E-state index contributed by atoms with van der Waals surface area (Å²) in [5.74, 6) is -4.14. The van der Waals surface area contributed by atoms with Crippen LogP contribution in [0.2, 0.25) is 0 Å². The van der Waals surface area contributed by atoms with Crippen molar-refractivity contribution < 1.29 is 27.5 Å². The number of rotatable bonds is 3. The molecule has 0 bridgehead atoms. The van der Waals surface area contributed by atoms with Gasteiger partial charge in [-0.15, -0.1) is 0 Å². The molecule has 1 rings (SSSR count). The Balaban J connectivity index is 3.21. The average Bonchev–Trinajstić information content (AvgIpc) is 2.09. The molecule has 0 aliphatic heterocycles. The molecule has 0 saturated carbocycles. The van der Waals surface area contributed by atoms with Crippen LogP contribution in [0.15, 0.2) is 12.1 Å². The lowest BCUT2D eigenvalue weighted by Crippen LogP contribution is -2.06. The Morgan fingerprint density at radius 2 is 1.80 bits per heavy atom. The first-order valence-electron chi connectivity index (χ1n) is 3.89. The highest BCUT2D eigenvalue weighted by molar-refractivity contribution is 5.70. The lowest BCUT2D eigenvalue weighted by Gasteiger charge is -2.07. The van der Waals surface area contributed by atoms with Crippen molar-refractivity contribution >= 4 is 5.97 Å². The summed E-state index contributed by atoms with van der Waals surface area (Å²) in [5, 5.41) is 8.37. The van der Waals surface area contributed by atoms with Gasteiger partial charge in [-0.25, -0.2) is 17.6 Å². The molecule has 2 nitrogen and oxygen atoms in total. The zero-order valence-corrected chi connectivity index (χ0v) is 7.31. The van der Waals surface area contributed by atoms with Gasteiger partial charge >= 0.3 is 5.97 Å². The summed E-state index contributed by atoms with van der Waals surface area (Å²) in [5.41, 5.74) is -1.22. The molecule has 0 unspecified atom stereocenters.